The normalized spacial score (nSPS) is 19.6. The lowest BCUT2D eigenvalue weighted by Gasteiger charge is -2.32. The molecule has 1 fully saturated rings. The molecule has 1 saturated heterocycles. The van der Waals surface area contributed by atoms with Crippen molar-refractivity contribution in [3.8, 4) is 5.75 Å². The molecule has 112 valence electrons. The highest BCUT2D eigenvalue weighted by Gasteiger charge is 2.23. The molecule has 0 saturated carbocycles. The van der Waals surface area contributed by atoms with Crippen molar-refractivity contribution in [1.82, 2.24) is 15.1 Å². The van der Waals surface area contributed by atoms with Gasteiger partial charge in [-0.1, -0.05) is 18.2 Å². The zero-order valence-corrected chi connectivity index (χ0v) is 12.6. The summed E-state index contributed by atoms with van der Waals surface area (Å²) in [6, 6.07) is 10.0. The molecule has 1 unspecified atom stereocenters. The maximum absolute atomic E-state index is 5.80. The van der Waals surface area contributed by atoms with E-state index in [1.165, 1.54) is 30.6 Å². The maximum Gasteiger partial charge on any atom is 0.119 e. The molecule has 2 heterocycles. The molecule has 0 spiro atoms. The highest BCUT2D eigenvalue weighted by molar-refractivity contribution is 5.21. The average molecular weight is 285 g/mol. The van der Waals surface area contributed by atoms with E-state index in [4.69, 9.17) is 4.74 Å². The van der Waals surface area contributed by atoms with Crippen LogP contribution in [0.1, 0.15) is 30.0 Å². The molecule has 0 bridgehead atoms. The molecule has 0 amide bonds. The molecule has 0 radical (unpaired) electrons. The Balaban J connectivity index is 1.49. The van der Waals surface area contributed by atoms with Crippen LogP contribution < -0.4 is 4.74 Å². The SMILES string of the molecule is Cc1cn[nH]c1C1CCCN(CCOc2ccccc2)C1. The number of likely N-dealkylation sites (tertiary alicyclic amines) is 1. The van der Waals surface area contributed by atoms with E-state index in [2.05, 4.69) is 22.0 Å². The predicted octanol–water partition coefficient (Wildman–Crippen LogP) is 2.98. The van der Waals surface area contributed by atoms with Gasteiger partial charge in [0, 0.05) is 24.7 Å². The largest absolute Gasteiger partial charge is 0.492 e. The van der Waals surface area contributed by atoms with E-state index in [0.29, 0.717) is 5.92 Å². The first-order chi connectivity index (χ1) is 10.3. The van der Waals surface area contributed by atoms with Gasteiger partial charge in [0.1, 0.15) is 12.4 Å². The van der Waals surface area contributed by atoms with Crippen molar-refractivity contribution in [2.75, 3.05) is 26.2 Å². The fourth-order valence-corrected chi connectivity index (χ4v) is 3.07. The molecule has 1 aliphatic heterocycles. The van der Waals surface area contributed by atoms with Crippen LogP contribution in [0.3, 0.4) is 0 Å². The predicted molar refractivity (Wildman–Crippen MR) is 83.7 cm³/mol. The first-order valence-electron chi connectivity index (χ1n) is 7.73. The third kappa shape index (κ3) is 3.64. The molecule has 1 aromatic carbocycles. The molecule has 1 aromatic heterocycles. The van der Waals surface area contributed by atoms with Crippen LogP contribution in [-0.2, 0) is 0 Å². The first kappa shape index (κ1) is 14.1. The molecule has 4 nitrogen and oxygen atoms in total. The van der Waals surface area contributed by atoms with Crippen LogP contribution in [0.4, 0.5) is 0 Å². The number of hydrogen-bond acceptors (Lipinski definition) is 3. The number of aromatic amines is 1. The van der Waals surface area contributed by atoms with Crippen LogP contribution in [0.5, 0.6) is 5.75 Å². The van der Waals surface area contributed by atoms with E-state index in [1.54, 1.807) is 0 Å². The quantitative estimate of drug-likeness (QED) is 0.918. The molecule has 1 N–H and O–H groups in total. The number of aryl methyl sites for hydroxylation is 1. The lowest BCUT2D eigenvalue weighted by molar-refractivity contribution is 0.169. The summed E-state index contributed by atoms with van der Waals surface area (Å²) in [6.45, 7) is 6.14. The van der Waals surface area contributed by atoms with Crippen molar-refractivity contribution in [3.63, 3.8) is 0 Å². The van der Waals surface area contributed by atoms with Crippen LogP contribution in [0.25, 0.3) is 0 Å². The van der Waals surface area contributed by atoms with Gasteiger partial charge in [0.25, 0.3) is 0 Å². The van der Waals surface area contributed by atoms with Gasteiger partial charge in [0.2, 0.25) is 0 Å². The topological polar surface area (TPSA) is 41.2 Å². The summed E-state index contributed by atoms with van der Waals surface area (Å²) in [5, 5.41) is 7.33. The molecule has 4 heteroatoms. The summed E-state index contributed by atoms with van der Waals surface area (Å²) in [7, 11) is 0. The number of hydrogen-bond donors (Lipinski definition) is 1. The molecular formula is C17H23N3O. The summed E-state index contributed by atoms with van der Waals surface area (Å²) in [5.41, 5.74) is 2.59. The number of nitrogens with zero attached hydrogens (tertiary/aromatic N) is 2. The number of nitrogens with one attached hydrogen (secondary N) is 1. The Morgan fingerprint density at radius 3 is 2.95 bits per heavy atom. The molecule has 21 heavy (non-hydrogen) atoms. The fourth-order valence-electron chi connectivity index (χ4n) is 3.07. The minimum absolute atomic E-state index is 0.581. The van der Waals surface area contributed by atoms with E-state index in [9.17, 15) is 0 Å². The van der Waals surface area contributed by atoms with Gasteiger partial charge in [-0.2, -0.15) is 5.10 Å². The summed E-state index contributed by atoms with van der Waals surface area (Å²) in [5.74, 6) is 1.54. The molecule has 1 atom stereocenters. The monoisotopic (exact) mass is 285 g/mol. The Hall–Kier alpha value is -1.81. The first-order valence-corrected chi connectivity index (χ1v) is 7.73. The van der Waals surface area contributed by atoms with Crippen molar-refractivity contribution in [1.29, 1.82) is 0 Å². The Morgan fingerprint density at radius 1 is 1.33 bits per heavy atom. The third-order valence-corrected chi connectivity index (χ3v) is 4.20. The molecule has 0 aliphatic carbocycles. The van der Waals surface area contributed by atoms with Crippen LogP contribution in [0.2, 0.25) is 0 Å². The highest BCUT2D eigenvalue weighted by atomic mass is 16.5. The maximum atomic E-state index is 5.80. The van der Waals surface area contributed by atoms with Gasteiger partial charge < -0.3 is 4.74 Å². The van der Waals surface area contributed by atoms with Crippen LogP contribution in [0.15, 0.2) is 36.5 Å². The van der Waals surface area contributed by atoms with Crippen LogP contribution >= 0.6 is 0 Å². The van der Waals surface area contributed by atoms with Gasteiger partial charge in [-0.15, -0.1) is 0 Å². The molecular weight excluding hydrogens is 262 g/mol. The number of rotatable bonds is 5. The summed E-state index contributed by atoms with van der Waals surface area (Å²) < 4.78 is 5.80. The molecule has 3 rings (SSSR count). The molecule has 2 aromatic rings. The Morgan fingerprint density at radius 2 is 2.19 bits per heavy atom. The second-order valence-corrected chi connectivity index (χ2v) is 5.77. The number of H-pyrrole nitrogens is 1. The van der Waals surface area contributed by atoms with Gasteiger partial charge >= 0.3 is 0 Å². The summed E-state index contributed by atoms with van der Waals surface area (Å²) >= 11 is 0. The van der Waals surface area contributed by atoms with Crippen LogP contribution in [-0.4, -0.2) is 41.3 Å². The third-order valence-electron chi connectivity index (χ3n) is 4.20. The van der Waals surface area contributed by atoms with Gasteiger partial charge in [0.15, 0.2) is 0 Å². The lowest BCUT2D eigenvalue weighted by Crippen LogP contribution is -2.37. The second kappa shape index (κ2) is 6.76. The number of aromatic nitrogens is 2. The van der Waals surface area contributed by atoms with Gasteiger partial charge in [-0.25, -0.2) is 0 Å². The zero-order chi connectivity index (χ0) is 14.5. The number of piperidine rings is 1. The summed E-state index contributed by atoms with van der Waals surface area (Å²) in [4.78, 5) is 2.50. The number of benzene rings is 1. The second-order valence-electron chi connectivity index (χ2n) is 5.77. The van der Waals surface area contributed by atoms with Crippen molar-refractivity contribution >= 4 is 0 Å². The van der Waals surface area contributed by atoms with E-state index >= 15 is 0 Å². The minimum Gasteiger partial charge on any atom is -0.492 e. The zero-order valence-electron chi connectivity index (χ0n) is 12.6. The van der Waals surface area contributed by atoms with E-state index < -0.39 is 0 Å². The molecule has 1 aliphatic rings. The Bertz CT molecular complexity index is 552. The van der Waals surface area contributed by atoms with Gasteiger partial charge in [-0.05, 0) is 44.0 Å². The fraction of sp³-hybridized carbons (Fsp3) is 0.471. The van der Waals surface area contributed by atoms with E-state index in [-0.39, 0.29) is 0 Å². The smallest absolute Gasteiger partial charge is 0.119 e. The number of ether oxygens (including phenoxy) is 1. The average Bonchev–Trinajstić information content (AvgIpc) is 2.95. The number of para-hydroxylation sites is 1. The summed E-state index contributed by atoms with van der Waals surface area (Å²) in [6.07, 6.45) is 4.42. The van der Waals surface area contributed by atoms with Crippen molar-refractivity contribution < 1.29 is 4.74 Å². The van der Waals surface area contributed by atoms with Gasteiger partial charge in [-0.3, -0.25) is 10.00 Å². The van der Waals surface area contributed by atoms with Crippen molar-refractivity contribution in [3.05, 3.63) is 47.8 Å². The lowest BCUT2D eigenvalue weighted by atomic mass is 9.93. The standard InChI is InChI=1S/C17H23N3O/c1-14-12-18-19-17(14)15-6-5-9-20(13-15)10-11-21-16-7-3-2-4-8-16/h2-4,7-8,12,15H,5-6,9-11,13H2,1H3,(H,18,19). The van der Waals surface area contributed by atoms with E-state index in [0.717, 1.165) is 25.4 Å². The highest BCUT2D eigenvalue weighted by Crippen LogP contribution is 2.27. The van der Waals surface area contributed by atoms with Crippen molar-refractivity contribution in [2.45, 2.75) is 25.7 Å². The van der Waals surface area contributed by atoms with Crippen molar-refractivity contribution in [2.24, 2.45) is 0 Å². The van der Waals surface area contributed by atoms with Gasteiger partial charge in [0.05, 0.1) is 6.20 Å². The van der Waals surface area contributed by atoms with E-state index in [1.807, 2.05) is 36.5 Å². The Labute approximate surface area is 126 Å². The van der Waals surface area contributed by atoms with Crippen LogP contribution in [0, 0.1) is 6.92 Å². The minimum atomic E-state index is 0.581. The Kier molecular flexibility index (Phi) is 4.55.